The Morgan fingerprint density at radius 2 is 2.00 bits per heavy atom. The Kier molecular flexibility index (Phi) is 4.36. The van der Waals surface area contributed by atoms with Gasteiger partial charge in [-0.05, 0) is 18.6 Å². The zero-order chi connectivity index (χ0) is 13.9. The molecule has 0 heterocycles. The Morgan fingerprint density at radius 1 is 1.39 bits per heavy atom. The molecule has 0 radical (unpaired) electrons. The van der Waals surface area contributed by atoms with Crippen LogP contribution in [0.5, 0.6) is 0 Å². The third kappa shape index (κ3) is 3.26. The van der Waals surface area contributed by atoms with Crippen LogP contribution in [0.25, 0.3) is 0 Å². The SMILES string of the molecule is CC(C(=O)O)N(C)C(=O)Cc1ccc(F)cc1F. The third-order valence-electron chi connectivity index (χ3n) is 2.69. The highest BCUT2D eigenvalue weighted by molar-refractivity contribution is 5.84. The van der Waals surface area contributed by atoms with Gasteiger partial charge in [-0.15, -0.1) is 0 Å². The predicted molar refractivity (Wildman–Crippen MR) is 59.9 cm³/mol. The second-order valence-corrected chi connectivity index (χ2v) is 3.93. The highest BCUT2D eigenvalue weighted by atomic mass is 19.1. The first kappa shape index (κ1) is 14.1. The molecule has 0 aliphatic carbocycles. The van der Waals surface area contributed by atoms with Crippen LogP contribution in [0, 0.1) is 11.6 Å². The van der Waals surface area contributed by atoms with E-state index in [1.54, 1.807) is 0 Å². The number of benzene rings is 1. The quantitative estimate of drug-likeness (QED) is 0.887. The van der Waals surface area contributed by atoms with Crippen molar-refractivity contribution in [2.45, 2.75) is 19.4 Å². The lowest BCUT2D eigenvalue weighted by molar-refractivity contribution is -0.148. The van der Waals surface area contributed by atoms with Gasteiger partial charge >= 0.3 is 5.97 Å². The summed E-state index contributed by atoms with van der Waals surface area (Å²) in [5.74, 6) is -3.24. The van der Waals surface area contributed by atoms with E-state index in [1.807, 2.05) is 0 Å². The lowest BCUT2D eigenvalue weighted by Gasteiger charge is -2.21. The molecule has 98 valence electrons. The maximum atomic E-state index is 13.3. The summed E-state index contributed by atoms with van der Waals surface area (Å²) in [6, 6.07) is 1.90. The number of likely N-dealkylation sites (N-methyl/N-ethyl adjacent to an activating group) is 1. The number of rotatable bonds is 4. The second kappa shape index (κ2) is 5.57. The van der Waals surface area contributed by atoms with Crippen molar-refractivity contribution in [3.05, 3.63) is 35.4 Å². The Morgan fingerprint density at radius 3 is 2.50 bits per heavy atom. The summed E-state index contributed by atoms with van der Waals surface area (Å²) in [5.41, 5.74) is 0.0332. The van der Waals surface area contributed by atoms with Crippen molar-refractivity contribution in [3.63, 3.8) is 0 Å². The first-order valence-electron chi connectivity index (χ1n) is 5.25. The van der Waals surface area contributed by atoms with Crippen LogP contribution in [0.4, 0.5) is 8.78 Å². The van der Waals surface area contributed by atoms with Crippen LogP contribution < -0.4 is 0 Å². The first-order valence-corrected chi connectivity index (χ1v) is 5.25. The van der Waals surface area contributed by atoms with Crippen molar-refractivity contribution in [1.82, 2.24) is 4.90 Å². The van der Waals surface area contributed by atoms with E-state index in [4.69, 9.17) is 5.11 Å². The maximum absolute atomic E-state index is 13.3. The molecule has 0 saturated heterocycles. The first-order chi connectivity index (χ1) is 8.32. The number of carboxylic acid groups (broad SMARTS) is 1. The molecule has 1 aromatic rings. The summed E-state index contributed by atoms with van der Waals surface area (Å²) in [4.78, 5) is 23.4. The number of hydrogen-bond donors (Lipinski definition) is 1. The van der Waals surface area contributed by atoms with Crippen LogP contribution >= 0.6 is 0 Å². The molecule has 1 aromatic carbocycles. The van der Waals surface area contributed by atoms with Crippen molar-refractivity contribution in [2.75, 3.05) is 7.05 Å². The molecule has 4 nitrogen and oxygen atoms in total. The monoisotopic (exact) mass is 257 g/mol. The zero-order valence-electron chi connectivity index (χ0n) is 9.98. The molecular formula is C12H13F2NO3. The van der Waals surface area contributed by atoms with Gasteiger partial charge < -0.3 is 10.0 Å². The molecule has 1 rings (SSSR count). The van der Waals surface area contributed by atoms with E-state index in [1.165, 1.54) is 20.0 Å². The van der Waals surface area contributed by atoms with Crippen LogP contribution in [0.1, 0.15) is 12.5 Å². The number of carboxylic acids is 1. The van der Waals surface area contributed by atoms with Crippen LogP contribution in [-0.4, -0.2) is 35.0 Å². The van der Waals surface area contributed by atoms with Gasteiger partial charge in [0, 0.05) is 13.1 Å². The Bertz CT molecular complexity index is 476. The topological polar surface area (TPSA) is 57.6 Å². The van der Waals surface area contributed by atoms with Crippen LogP contribution in [-0.2, 0) is 16.0 Å². The number of amides is 1. The number of aliphatic carboxylic acids is 1. The molecule has 1 atom stereocenters. The van der Waals surface area contributed by atoms with Crippen molar-refractivity contribution in [1.29, 1.82) is 0 Å². The summed E-state index contributed by atoms with van der Waals surface area (Å²) in [5, 5.41) is 8.74. The van der Waals surface area contributed by atoms with Gasteiger partial charge in [-0.2, -0.15) is 0 Å². The van der Waals surface area contributed by atoms with Crippen LogP contribution in [0.3, 0.4) is 0 Å². The summed E-state index contributed by atoms with van der Waals surface area (Å²) < 4.78 is 26.0. The van der Waals surface area contributed by atoms with Crippen molar-refractivity contribution < 1.29 is 23.5 Å². The van der Waals surface area contributed by atoms with Crippen LogP contribution in [0.15, 0.2) is 18.2 Å². The van der Waals surface area contributed by atoms with Crippen molar-refractivity contribution >= 4 is 11.9 Å². The van der Waals surface area contributed by atoms with E-state index in [9.17, 15) is 18.4 Å². The van der Waals surface area contributed by atoms with Crippen LogP contribution in [0.2, 0.25) is 0 Å². The molecule has 0 aliphatic rings. The molecule has 0 bridgehead atoms. The average Bonchev–Trinajstić information content (AvgIpc) is 2.30. The van der Waals surface area contributed by atoms with E-state index in [-0.39, 0.29) is 12.0 Å². The number of nitrogens with zero attached hydrogens (tertiary/aromatic N) is 1. The summed E-state index contributed by atoms with van der Waals surface area (Å²) >= 11 is 0. The number of halogens is 2. The molecule has 0 aliphatic heterocycles. The fourth-order valence-electron chi connectivity index (χ4n) is 1.33. The molecule has 0 saturated carbocycles. The molecule has 6 heteroatoms. The standard InChI is InChI=1S/C12H13F2NO3/c1-7(12(17)18)15(2)11(16)5-8-3-4-9(13)6-10(8)14/h3-4,6-7H,5H2,1-2H3,(H,17,18). The van der Waals surface area contributed by atoms with E-state index in [0.29, 0.717) is 6.07 Å². The smallest absolute Gasteiger partial charge is 0.326 e. The summed E-state index contributed by atoms with van der Waals surface area (Å²) in [7, 11) is 1.32. The highest BCUT2D eigenvalue weighted by Gasteiger charge is 2.22. The normalized spacial score (nSPS) is 12.0. The van der Waals surface area contributed by atoms with E-state index in [0.717, 1.165) is 11.0 Å². The highest BCUT2D eigenvalue weighted by Crippen LogP contribution is 2.11. The average molecular weight is 257 g/mol. The zero-order valence-corrected chi connectivity index (χ0v) is 9.98. The molecule has 0 spiro atoms. The Labute approximate surface area is 103 Å². The lowest BCUT2D eigenvalue weighted by Crippen LogP contribution is -2.41. The third-order valence-corrected chi connectivity index (χ3v) is 2.69. The van der Waals surface area contributed by atoms with Gasteiger partial charge in [0.15, 0.2) is 0 Å². The number of hydrogen-bond acceptors (Lipinski definition) is 2. The van der Waals surface area contributed by atoms with Gasteiger partial charge in [-0.1, -0.05) is 6.07 Å². The van der Waals surface area contributed by atoms with Gasteiger partial charge in [0.2, 0.25) is 5.91 Å². The molecule has 1 unspecified atom stereocenters. The lowest BCUT2D eigenvalue weighted by atomic mass is 10.1. The van der Waals surface area contributed by atoms with Gasteiger partial charge in [-0.3, -0.25) is 4.79 Å². The van der Waals surface area contributed by atoms with E-state index < -0.39 is 29.6 Å². The van der Waals surface area contributed by atoms with E-state index in [2.05, 4.69) is 0 Å². The maximum Gasteiger partial charge on any atom is 0.326 e. The van der Waals surface area contributed by atoms with Gasteiger partial charge in [-0.25, -0.2) is 13.6 Å². The van der Waals surface area contributed by atoms with Crippen molar-refractivity contribution in [3.8, 4) is 0 Å². The minimum Gasteiger partial charge on any atom is -0.480 e. The van der Waals surface area contributed by atoms with Gasteiger partial charge in [0.1, 0.15) is 17.7 Å². The molecule has 0 aromatic heterocycles. The minimum atomic E-state index is -1.15. The second-order valence-electron chi connectivity index (χ2n) is 3.93. The molecule has 1 N–H and O–H groups in total. The van der Waals surface area contributed by atoms with Gasteiger partial charge in [0.05, 0.1) is 6.42 Å². The fourth-order valence-corrected chi connectivity index (χ4v) is 1.33. The van der Waals surface area contributed by atoms with E-state index >= 15 is 0 Å². The molecule has 18 heavy (non-hydrogen) atoms. The summed E-state index contributed by atoms with van der Waals surface area (Å²) in [6.07, 6.45) is -0.305. The fraction of sp³-hybridized carbons (Fsp3) is 0.333. The number of carbonyl (C=O) groups is 2. The molecule has 1 amide bonds. The Balaban J connectivity index is 2.78. The molecule has 0 fully saturated rings. The largest absolute Gasteiger partial charge is 0.480 e. The van der Waals surface area contributed by atoms with Gasteiger partial charge in [0.25, 0.3) is 0 Å². The van der Waals surface area contributed by atoms with Crippen molar-refractivity contribution in [2.24, 2.45) is 0 Å². The number of carbonyl (C=O) groups excluding carboxylic acids is 1. The Hall–Kier alpha value is -1.98. The summed E-state index contributed by atoms with van der Waals surface area (Å²) in [6.45, 7) is 1.35. The predicted octanol–water partition coefficient (Wildman–Crippen LogP) is 1.44. The molecular weight excluding hydrogens is 244 g/mol. The minimum absolute atomic E-state index is 0.0332.